The Labute approximate surface area is 168 Å². The van der Waals surface area contributed by atoms with Gasteiger partial charge in [-0.2, -0.15) is 0 Å². The van der Waals surface area contributed by atoms with Crippen molar-refractivity contribution < 1.29 is 0 Å². The van der Waals surface area contributed by atoms with E-state index in [2.05, 4.69) is 117 Å². The van der Waals surface area contributed by atoms with Crippen molar-refractivity contribution in [2.75, 3.05) is 0 Å². The van der Waals surface area contributed by atoms with Crippen LogP contribution in [0.3, 0.4) is 0 Å². The summed E-state index contributed by atoms with van der Waals surface area (Å²) in [6, 6.07) is 30.8. The Kier molecular flexibility index (Phi) is 4.09. The highest BCUT2D eigenvalue weighted by atomic mass is 14.6. The molecule has 0 heterocycles. The van der Waals surface area contributed by atoms with Crippen LogP contribution in [-0.2, 0) is 0 Å². The number of rotatable bonds is 3. The van der Waals surface area contributed by atoms with Crippen LogP contribution >= 0.6 is 0 Å². The molecule has 0 aliphatic heterocycles. The maximum Gasteiger partial charge on any atom is 0.00106 e. The molecule has 5 rings (SSSR count). The van der Waals surface area contributed by atoms with Crippen molar-refractivity contribution in [3.63, 3.8) is 0 Å². The highest BCUT2D eigenvalue weighted by molar-refractivity contribution is 5.65. The van der Waals surface area contributed by atoms with Gasteiger partial charge in [-0.1, -0.05) is 116 Å². The molecule has 0 heteroatoms. The lowest BCUT2D eigenvalue weighted by molar-refractivity contribution is 0.0602. The van der Waals surface area contributed by atoms with Gasteiger partial charge in [0, 0.05) is 17.3 Å². The van der Waals surface area contributed by atoms with Crippen molar-refractivity contribution in [1.82, 2.24) is 0 Å². The van der Waals surface area contributed by atoms with E-state index in [0.717, 1.165) is 0 Å². The van der Waals surface area contributed by atoms with Gasteiger partial charge in [0.25, 0.3) is 0 Å². The molecule has 0 radical (unpaired) electrons. The van der Waals surface area contributed by atoms with Crippen molar-refractivity contribution in [2.24, 2.45) is 11.3 Å². The minimum atomic E-state index is 0.159. The summed E-state index contributed by atoms with van der Waals surface area (Å²) in [7, 11) is 0. The van der Waals surface area contributed by atoms with E-state index in [4.69, 9.17) is 0 Å². The minimum Gasteiger partial charge on any atom is -0.0767 e. The molecule has 3 aromatic carbocycles. The zero-order valence-electron chi connectivity index (χ0n) is 16.5. The van der Waals surface area contributed by atoms with Gasteiger partial charge >= 0.3 is 0 Å². The molecule has 138 valence electrons. The Hall–Kier alpha value is -2.86. The van der Waals surface area contributed by atoms with Crippen LogP contribution in [0.15, 0.2) is 96.6 Å². The molecule has 0 N–H and O–H groups in total. The van der Waals surface area contributed by atoms with Crippen LogP contribution < -0.4 is 0 Å². The fraction of sp³-hybridized carbons (Fsp3) is 0.214. The molecule has 0 aromatic heterocycles. The Bertz CT molecular complexity index is 1040. The van der Waals surface area contributed by atoms with Crippen LogP contribution in [0.5, 0.6) is 0 Å². The standard InChI is InChI=1S/C28H26/c1-20(19-21-11-5-3-6-12-21)25-26(23-14-7-4-8-15-23)28(2)18-17-22-13-9-10-16-24(22)27(25)28/h3-19,25-27H,1-2H3/b20-19+/t25-,26+,27-,28+/m0/s1. The second-order valence-corrected chi connectivity index (χ2v) is 8.52. The maximum atomic E-state index is 2.48. The van der Waals surface area contributed by atoms with Crippen LogP contribution in [0.4, 0.5) is 0 Å². The summed E-state index contributed by atoms with van der Waals surface area (Å²) in [5.74, 6) is 1.54. The second kappa shape index (κ2) is 6.63. The Morgan fingerprint density at radius 3 is 2.18 bits per heavy atom. The van der Waals surface area contributed by atoms with Gasteiger partial charge in [0.15, 0.2) is 0 Å². The van der Waals surface area contributed by atoms with Gasteiger partial charge in [-0.15, -0.1) is 0 Å². The lowest BCUT2D eigenvalue weighted by Gasteiger charge is -2.61. The number of hydrogen-bond donors (Lipinski definition) is 0. The SMILES string of the molecule is C/C(=C\c1ccccc1)[C@H]1[C@@H](c2ccccc2)[C@@]2(C)C=Cc3ccccc3[C@@H]12. The van der Waals surface area contributed by atoms with E-state index >= 15 is 0 Å². The summed E-state index contributed by atoms with van der Waals surface area (Å²) >= 11 is 0. The Morgan fingerprint density at radius 1 is 0.786 bits per heavy atom. The maximum absolute atomic E-state index is 2.48. The molecule has 0 nitrogen and oxygen atoms in total. The van der Waals surface area contributed by atoms with Crippen LogP contribution in [-0.4, -0.2) is 0 Å². The zero-order chi connectivity index (χ0) is 19.1. The third-order valence-electron chi connectivity index (χ3n) is 6.89. The number of benzene rings is 3. The summed E-state index contributed by atoms with van der Waals surface area (Å²) in [4.78, 5) is 0. The predicted molar refractivity (Wildman–Crippen MR) is 119 cm³/mol. The van der Waals surface area contributed by atoms with E-state index in [1.54, 1.807) is 0 Å². The molecule has 28 heavy (non-hydrogen) atoms. The van der Waals surface area contributed by atoms with Crippen LogP contribution in [0.2, 0.25) is 0 Å². The molecule has 1 fully saturated rings. The molecule has 3 aromatic rings. The monoisotopic (exact) mass is 362 g/mol. The van der Waals surface area contributed by atoms with Crippen molar-refractivity contribution in [3.05, 3.63) is 119 Å². The quantitative estimate of drug-likeness (QED) is 0.458. The third kappa shape index (κ3) is 2.59. The number of fused-ring (bicyclic) bond motifs is 3. The molecule has 4 atom stereocenters. The number of hydrogen-bond acceptors (Lipinski definition) is 0. The van der Waals surface area contributed by atoms with Gasteiger partial charge in [-0.05, 0) is 35.1 Å². The minimum absolute atomic E-state index is 0.159. The summed E-state index contributed by atoms with van der Waals surface area (Å²) in [5, 5.41) is 0. The van der Waals surface area contributed by atoms with Gasteiger partial charge in [0.2, 0.25) is 0 Å². The van der Waals surface area contributed by atoms with Gasteiger partial charge in [0.05, 0.1) is 0 Å². The fourth-order valence-electron chi connectivity index (χ4n) is 5.65. The summed E-state index contributed by atoms with van der Waals surface area (Å²) in [5.41, 5.74) is 7.27. The Balaban J connectivity index is 1.64. The predicted octanol–water partition coefficient (Wildman–Crippen LogP) is 7.32. The second-order valence-electron chi connectivity index (χ2n) is 8.52. The lowest BCUT2D eigenvalue weighted by atomic mass is 9.41. The molecule has 0 bridgehead atoms. The van der Waals surface area contributed by atoms with E-state index in [9.17, 15) is 0 Å². The van der Waals surface area contributed by atoms with Crippen molar-refractivity contribution >= 4 is 12.2 Å². The molecular formula is C28H26. The average Bonchev–Trinajstić information content (AvgIpc) is 2.72. The van der Waals surface area contributed by atoms with Crippen LogP contribution in [0, 0.1) is 11.3 Å². The molecular weight excluding hydrogens is 336 g/mol. The smallest absolute Gasteiger partial charge is 0.00106 e. The first-order valence-corrected chi connectivity index (χ1v) is 10.2. The molecule has 0 unspecified atom stereocenters. The lowest BCUT2D eigenvalue weighted by Crippen LogP contribution is -2.52. The first-order chi connectivity index (χ1) is 13.7. The fourth-order valence-corrected chi connectivity index (χ4v) is 5.65. The van der Waals surface area contributed by atoms with Crippen molar-refractivity contribution in [2.45, 2.75) is 25.7 Å². The van der Waals surface area contributed by atoms with E-state index in [1.807, 2.05) is 0 Å². The van der Waals surface area contributed by atoms with Gasteiger partial charge in [0.1, 0.15) is 0 Å². The topological polar surface area (TPSA) is 0 Å². The van der Waals surface area contributed by atoms with Gasteiger partial charge in [-0.25, -0.2) is 0 Å². The average molecular weight is 363 g/mol. The highest BCUT2D eigenvalue weighted by Crippen LogP contribution is 2.70. The van der Waals surface area contributed by atoms with E-state index in [-0.39, 0.29) is 5.41 Å². The van der Waals surface area contributed by atoms with Gasteiger partial charge in [-0.3, -0.25) is 0 Å². The normalized spacial score (nSPS) is 28.2. The van der Waals surface area contributed by atoms with Crippen LogP contribution in [0.1, 0.15) is 47.9 Å². The molecule has 0 saturated heterocycles. The zero-order valence-corrected chi connectivity index (χ0v) is 16.5. The van der Waals surface area contributed by atoms with E-state index in [0.29, 0.717) is 17.8 Å². The summed E-state index contributed by atoms with van der Waals surface area (Å²) in [6.45, 7) is 4.78. The Morgan fingerprint density at radius 2 is 1.43 bits per heavy atom. The summed E-state index contributed by atoms with van der Waals surface area (Å²) < 4.78 is 0. The van der Waals surface area contributed by atoms with E-state index in [1.165, 1.54) is 27.8 Å². The van der Waals surface area contributed by atoms with Crippen molar-refractivity contribution in [1.29, 1.82) is 0 Å². The summed E-state index contributed by atoms with van der Waals surface area (Å²) in [6.07, 6.45) is 7.21. The molecule has 1 saturated carbocycles. The first kappa shape index (κ1) is 17.3. The van der Waals surface area contributed by atoms with Crippen molar-refractivity contribution in [3.8, 4) is 0 Å². The molecule has 2 aliphatic rings. The third-order valence-corrected chi connectivity index (χ3v) is 6.89. The molecule has 0 spiro atoms. The first-order valence-electron chi connectivity index (χ1n) is 10.2. The largest absolute Gasteiger partial charge is 0.0767 e. The number of allylic oxidation sites excluding steroid dienone is 2. The van der Waals surface area contributed by atoms with Gasteiger partial charge < -0.3 is 0 Å². The highest BCUT2D eigenvalue weighted by Gasteiger charge is 2.60. The molecule has 0 amide bonds. The molecule has 2 aliphatic carbocycles. The van der Waals surface area contributed by atoms with Crippen LogP contribution in [0.25, 0.3) is 12.2 Å². The van der Waals surface area contributed by atoms with E-state index < -0.39 is 0 Å².